The fourth-order valence-electron chi connectivity index (χ4n) is 2.28. The fourth-order valence-corrected chi connectivity index (χ4v) is 2.28. The zero-order valence-corrected chi connectivity index (χ0v) is 11.8. The highest BCUT2D eigenvalue weighted by Gasteiger charge is 2.36. The number of nitriles is 1. The summed E-state index contributed by atoms with van der Waals surface area (Å²) in [7, 11) is 0. The zero-order chi connectivity index (χ0) is 14.3. The summed E-state index contributed by atoms with van der Waals surface area (Å²) in [6.45, 7) is 6.20. The second-order valence-corrected chi connectivity index (χ2v) is 4.91. The van der Waals surface area contributed by atoms with E-state index in [0.717, 1.165) is 5.56 Å². The van der Waals surface area contributed by atoms with E-state index in [2.05, 4.69) is 6.07 Å². The number of nitrogens with zero attached hydrogens (tertiary/aromatic N) is 1. The van der Waals surface area contributed by atoms with Gasteiger partial charge in [-0.2, -0.15) is 5.26 Å². The van der Waals surface area contributed by atoms with Crippen molar-refractivity contribution in [1.29, 1.82) is 5.26 Å². The molecule has 0 aliphatic carbocycles. The predicted molar refractivity (Wildman–Crippen MR) is 74.4 cm³/mol. The maximum absolute atomic E-state index is 11.5. The van der Waals surface area contributed by atoms with Crippen LogP contribution in [0.2, 0.25) is 0 Å². The average Bonchev–Trinajstić information content (AvgIpc) is 2.41. The molecule has 0 fully saturated rings. The van der Waals surface area contributed by atoms with E-state index < -0.39 is 5.41 Å². The molecule has 1 atom stereocenters. The Kier molecular flexibility index (Phi) is 5.57. The summed E-state index contributed by atoms with van der Waals surface area (Å²) in [5, 5.41) is 9.64. The van der Waals surface area contributed by atoms with Crippen LogP contribution in [0.4, 0.5) is 0 Å². The molecule has 3 nitrogen and oxygen atoms in total. The predicted octanol–water partition coefficient (Wildman–Crippen LogP) is 3.45. The maximum atomic E-state index is 11.5. The Balaban J connectivity index is 2.96. The molecule has 0 N–H and O–H groups in total. The molecule has 0 amide bonds. The van der Waals surface area contributed by atoms with Crippen molar-refractivity contribution < 1.29 is 9.53 Å². The fraction of sp³-hybridized carbons (Fsp3) is 0.500. The van der Waals surface area contributed by atoms with E-state index in [-0.39, 0.29) is 18.3 Å². The van der Waals surface area contributed by atoms with Crippen LogP contribution in [0.25, 0.3) is 0 Å². The van der Waals surface area contributed by atoms with Crippen LogP contribution >= 0.6 is 0 Å². The van der Waals surface area contributed by atoms with E-state index in [4.69, 9.17) is 4.74 Å². The molecule has 1 aromatic rings. The van der Waals surface area contributed by atoms with Crippen molar-refractivity contribution in [2.24, 2.45) is 5.92 Å². The lowest BCUT2D eigenvalue weighted by Gasteiger charge is -2.31. The van der Waals surface area contributed by atoms with Crippen molar-refractivity contribution in [3.8, 4) is 6.07 Å². The normalized spacial score (nSPS) is 13.6. The minimum Gasteiger partial charge on any atom is -0.466 e. The van der Waals surface area contributed by atoms with Crippen LogP contribution in [0.3, 0.4) is 0 Å². The van der Waals surface area contributed by atoms with Gasteiger partial charge in [0.15, 0.2) is 0 Å². The zero-order valence-electron chi connectivity index (χ0n) is 11.8. The summed E-state index contributed by atoms with van der Waals surface area (Å²) >= 11 is 0. The highest BCUT2D eigenvalue weighted by molar-refractivity contribution is 5.69. The minimum atomic E-state index is -0.631. The van der Waals surface area contributed by atoms with Gasteiger partial charge < -0.3 is 4.74 Å². The molecule has 0 bridgehead atoms. The Bertz CT molecular complexity index is 448. The second kappa shape index (κ2) is 6.94. The molecule has 3 heteroatoms. The van der Waals surface area contributed by atoms with Crippen LogP contribution in [0.15, 0.2) is 30.3 Å². The Morgan fingerprint density at radius 1 is 1.37 bits per heavy atom. The molecule has 0 aliphatic heterocycles. The first-order valence-electron chi connectivity index (χ1n) is 6.69. The molecule has 0 radical (unpaired) electrons. The van der Waals surface area contributed by atoms with Crippen LogP contribution in [0, 0.1) is 17.2 Å². The van der Waals surface area contributed by atoms with E-state index in [1.807, 2.05) is 44.2 Å². The Morgan fingerprint density at radius 2 is 2.00 bits per heavy atom. The first-order valence-corrected chi connectivity index (χ1v) is 6.69. The average molecular weight is 259 g/mol. The Labute approximate surface area is 115 Å². The second-order valence-electron chi connectivity index (χ2n) is 4.91. The third-order valence-corrected chi connectivity index (χ3v) is 3.50. The van der Waals surface area contributed by atoms with Crippen LogP contribution in [0.1, 0.15) is 39.2 Å². The minimum absolute atomic E-state index is 0.134. The van der Waals surface area contributed by atoms with E-state index in [0.29, 0.717) is 13.0 Å². The molecule has 0 saturated heterocycles. The molecular weight excluding hydrogens is 238 g/mol. The summed E-state index contributed by atoms with van der Waals surface area (Å²) in [6, 6.07) is 12.1. The van der Waals surface area contributed by atoms with Gasteiger partial charge in [0.25, 0.3) is 0 Å². The van der Waals surface area contributed by atoms with Gasteiger partial charge >= 0.3 is 5.97 Å². The van der Waals surface area contributed by atoms with Gasteiger partial charge in [-0.3, -0.25) is 4.79 Å². The van der Waals surface area contributed by atoms with Crippen LogP contribution in [-0.4, -0.2) is 12.6 Å². The number of benzene rings is 1. The monoisotopic (exact) mass is 259 g/mol. The summed E-state index contributed by atoms with van der Waals surface area (Å²) in [5.41, 5.74) is 0.338. The lowest BCUT2D eigenvalue weighted by atomic mass is 9.70. The van der Waals surface area contributed by atoms with Gasteiger partial charge in [0.2, 0.25) is 0 Å². The highest BCUT2D eigenvalue weighted by Crippen LogP contribution is 2.36. The number of ether oxygens (including phenoxy) is 1. The summed E-state index contributed by atoms with van der Waals surface area (Å²) in [4.78, 5) is 11.5. The highest BCUT2D eigenvalue weighted by atomic mass is 16.5. The van der Waals surface area contributed by atoms with Gasteiger partial charge in [-0.15, -0.1) is 0 Å². The first-order chi connectivity index (χ1) is 9.06. The smallest absolute Gasteiger partial charge is 0.305 e. The van der Waals surface area contributed by atoms with Crippen molar-refractivity contribution >= 4 is 5.97 Å². The molecule has 1 aromatic carbocycles. The molecule has 0 spiro atoms. The first kappa shape index (κ1) is 15.2. The van der Waals surface area contributed by atoms with E-state index >= 15 is 0 Å². The number of esters is 1. The molecule has 1 rings (SSSR count). The van der Waals surface area contributed by atoms with Gasteiger partial charge in [-0.1, -0.05) is 44.2 Å². The van der Waals surface area contributed by atoms with E-state index in [9.17, 15) is 10.1 Å². The number of hydrogen-bond donors (Lipinski definition) is 0. The SMILES string of the molecule is CCOC(=O)CC[C@@](C#N)(c1ccccc1)C(C)C. The molecule has 0 heterocycles. The standard InChI is InChI=1S/C16H21NO2/c1-4-19-15(18)10-11-16(12-17,13(2)3)14-8-6-5-7-9-14/h5-9,13H,4,10-11H2,1-3H3/t16-/m0/s1. The van der Waals surface area contributed by atoms with Crippen molar-refractivity contribution in [3.05, 3.63) is 35.9 Å². The number of hydrogen-bond acceptors (Lipinski definition) is 3. The molecule has 0 saturated carbocycles. The maximum Gasteiger partial charge on any atom is 0.305 e. The van der Waals surface area contributed by atoms with Gasteiger partial charge in [0.1, 0.15) is 0 Å². The summed E-state index contributed by atoms with van der Waals surface area (Å²) in [6.07, 6.45) is 0.762. The van der Waals surface area contributed by atoms with E-state index in [1.165, 1.54) is 0 Å². The lowest BCUT2D eigenvalue weighted by molar-refractivity contribution is -0.143. The van der Waals surface area contributed by atoms with Gasteiger partial charge in [0, 0.05) is 6.42 Å². The van der Waals surface area contributed by atoms with Gasteiger partial charge in [-0.05, 0) is 24.8 Å². The van der Waals surface area contributed by atoms with Crippen molar-refractivity contribution in [2.75, 3.05) is 6.61 Å². The number of rotatable bonds is 6. The quantitative estimate of drug-likeness (QED) is 0.735. The molecular formula is C16H21NO2. The van der Waals surface area contributed by atoms with Crippen molar-refractivity contribution in [1.82, 2.24) is 0 Å². The van der Waals surface area contributed by atoms with Crippen LogP contribution in [0.5, 0.6) is 0 Å². The Morgan fingerprint density at radius 3 is 2.47 bits per heavy atom. The third-order valence-electron chi connectivity index (χ3n) is 3.50. The Hall–Kier alpha value is -1.82. The van der Waals surface area contributed by atoms with E-state index in [1.54, 1.807) is 6.92 Å². The number of carbonyl (C=O) groups is 1. The summed E-state index contributed by atoms with van der Waals surface area (Å²) in [5.74, 6) is -0.104. The van der Waals surface area contributed by atoms with Crippen LogP contribution < -0.4 is 0 Å². The van der Waals surface area contributed by atoms with Crippen molar-refractivity contribution in [3.63, 3.8) is 0 Å². The largest absolute Gasteiger partial charge is 0.466 e. The lowest BCUT2D eigenvalue weighted by Crippen LogP contribution is -2.31. The topological polar surface area (TPSA) is 50.1 Å². The summed E-state index contributed by atoms with van der Waals surface area (Å²) < 4.78 is 4.95. The van der Waals surface area contributed by atoms with Crippen molar-refractivity contribution in [2.45, 2.75) is 39.0 Å². The number of carbonyl (C=O) groups excluding carboxylic acids is 1. The molecule has 102 valence electrons. The third kappa shape index (κ3) is 3.57. The molecule has 19 heavy (non-hydrogen) atoms. The van der Waals surface area contributed by atoms with Crippen LogP contribution in [-0.2, 0) is 14.9 Å². The molecule has 0 unspecified atom stereocenters. The molecule has 0 aromatic heterocycles. The molecule has 0 aliphatic rings. The van der Waals surface area contributed by atoms with Gasteiger partial charge in [0.05, 0.1) is 18.1 Å². The van der Waals surface area contributed by atoms with Gasteiger partial charge in [-0.25, -0.2) is 0 Å².